The fourth-order valence-corrected chi connectivity index (χ4v) is 1.32. The van der Waals surface area contributed by atoms with Crippen LogP contribution < -0.4 is 5.32 Å². The zero-order chi connectivity index (χ0) is 12.8. The SMILES string of the molecule is C#CCC(Nc1nccc(C#N)c1Cl)C(=O)O. The number of terminal acetylenes is 1. The number of carbonyl (C=O) groups is 1. The Morgan fingerprint density at radius 2 is 2.47 bits per heavy atom. The lowest BCUT2D eigenvalue weighted by atomic mass is 10.2. The first-order valence-corrected chi connectivity index (χ1v) is 4.95. The number of anilines is 1. The predicted molar refractivity (Wildman–Crippen MR) is 62.5 cm³/mol. The van der Waals surface area contributed by atoms with Gasteiger partial charge < -0.3 is 10.4 Å². The summed E-state index contributed by atoms with van der Waals surface area (Å²) in [4.78, 5) is 14.7. The highest BCUT2D eigenvalue weighted by molar-refractivity contribution is 6.34. The first-order chi connectivity index (χ1) is 8.10. The van der Waals surface area contributed by atoms with Crippen LogP contribution in [0.25, 0.3) is 0 Å². The van der Waals surface area contributed by atoms with Gasteiger partial charge in [0.1, 0.15) is 23.0 Å². The second-order valence-electron chi connectivity index (χ2n) is 3.08. The number of hydrogen-bond donors (Lipinski definition) is 2. The molecule has 5 nitrogen and oxygen atoms in total. The van der Waals surface area contributed by atoms with E-state index in [1.807, 2.05) is 6.07 Å². The normalized spacial score (nSPS) is 11.0. The quantitative estimate of drug-likeness (QED) is 0.790. The van der Waals surface area contributed by atoms with Crippen LogP contribution in [0.4, 0.5) is 5.82 Å². The number of hydrogen-bond acceptors (Lipinski definition) is 4. The Balaban J connectivity index is 2.99. The number of pyridine rings is 1. The van der Waals surface area contributed by atoms with Gasteiger partial charge in [-0.1, -0.05) is 11.6 Å². The maximum atomic E-state index is 10.9. The lowest BCUT2D eigenvalue weighted by molar-refractivity contribution is -0.137. The summed E-state index contributed by atoms with van der Waals surface area (Å²) in [5.41, 5.74) is 0.217. The maximum absolute atomic E-state index is 10.9. The van der Waals surface area contributed by atoms with E-state index in [9.17, 15) is 4.79 Å². The van der Waals surface area contributed by atoms with Gasteiger partial charge in [0.15, 0.2) is 0 Å². The van der Waals surface area contributed by atoms with Gasteiger partial charge in [0.25, 0.3) is 0 Å². The van der Waals surface area contributed by atoms with E-state index in [1.165, 1.54) is 12.3 Å². The molecule has 1 unspecified atom stereocenters. The molecular weight excluding hydrogens is 242 g/mol. The van der Waals surface area contributed by atoms with Crippen LogP contribution in [0.1, 0.15) is 12.0 Å². The minimum Gasteiger partial charge on any atom is -0.480 e. The molecule has 0 aliphatic carbocycles. The zero-order valence-electron chi connectivity index (χ0n) is 8.64. The summed E-state index contributed by atoms with van der Waals surface area (Å²) in [6, 6.07) is 2.32. The topological polar surface area (TPSA) is 86.0 Å². The van der Waals surface area contributed by atoms with Gasteiger partial charge in [-0.15, -0.1) is 12.3 Å². The molecule has 1 atom stereocenters. The summed E-state index contributed by atoms with van der Waals surface area (Å²) in [6.45, 7) is 0. The third kappa shape index (κ3) is 3.10. The molecule has 1 aromatic heterocycles. The molecule has 0 saturated carbocycles. The van der Waals surface area contributed by atoms with Gasteiger partial charge in [-0.2, -0.15) is 5.26 Å². The monoisotopic (exact) mass is 249 g/mol. The van der Waals surface area contributed by atoms with Crippen molar-refractivity contribution in [2.24, 2.45) is 0 Å². The highest BCUT2D eigenvalue weighted by Gasteiger charge is 2.18. The molecule has 1 rings (SSSR count). The molecule has 0 radical (unpaired) electrons. The third-order valence-corrected chi connectivity index (χ3v) is 2.32. The molecule has 1 heterocycles. The molecule has 0 spiro atoms. The minimum atomic E-state index is -1.11. The van der Waals surface area contributed by atoms with Gasteiger partial charge >= 0.3 is 5.97 Å². The first kappa shape index (κ1) is 12.8. The van der Waals surface area contributed by atoms with Crippen LogP contribution in [0.5, 0.6) is 0 Å². The molecule has 0 fully saturated rings. The Bertz CT molecular complexity index is 516. The van der Waals surface area contributed by atoms with Crippen molar-refractivity contribution in [2.75, 3.05) is 5.32 Å². The average molecular weight is 250 g/mol. The van der Waals surface area contributed by atoms with Crippen molar-refractivity contribution in [1.82, 2.24) is 4.98 Å². The fraction of sp³-hybridized carbons (Fsp3) is 0.182. The number of nitrogens with zero attached hydrogens (tertiary/aromatic N) is 2. The molecule has 2 N–H and O–H groups in total. The van der Waals surface area contributed by atoms with E-state index in [2.05, 4.69) is 16.2 Å². The van der Waals surface area contributed by atoms with Crippen molar-refractivity contribution in [3.8, 4) is 18.4 Å². The van der Waals surface area contributed by atoms with Gasteiger partial charge in [0, 0.05) is 12.6 Å². The van der Waals surface area contributed by atoms with Crippen LogP contribution in [-0.2, 0) is 4.79 Å². The number of aliphatic carboxylic acids is 1. The molecule has 6 heteroatoms. The lowest BCUT2D eigenvalue weighted by Gasteiger charge is -2.13. The summed E-state index contributed by atoms with van der Waals surface area (Å²) in [5, 5.41) is 20.3. The van der Waals surface area contributed by atoms with E-state index < -0.39 is 12.0 Å². The van der Waals surface area contributed by atoms with Crippen LogP contribution >= 0.6 is 11.6 Å². The summed E-state index contributed by atoms with van der Waals surface area (Å²) >= 11 is 5.87. The summed E-state index contributed by atoms with van der Waals surface area (Å²) in [7, 11) is 0. The number of carboxylic acids is 1. The second kappa shape index (κ2) is 5.74. The number of nitriles is 1. The van der Waals surface area contributed by atoms with Gasteiger partial charge in [-0.05, 0) is 6.07 Å². The van der Waals surface area contributed by atoms with Crippen molar-refractivity contribution in [2.45, 2.75) is 12.5 Å². The van der Waals surface area contributed by atoms with Gasteiger partial charge in [0.05, 0.1) is 5.56 Å². The van der Waals surface area contributed by atoms with E-state index in [0.29, 0.717) is 0 Å². The summed E-state index contributed by atoms with van der Waals surface area (Å²) in [6.07, 6.45) is 6.41. The van der Waals surface area contributed by atoms with Crippen molar-refractivity contribution in [3.05, 3.63) is 22.8 Å². The molecule has 0 saturated heterocycles. The Morgan fingerprint density at radius 1 is 1.76 bits per heavy atom. The van der Waals surface area contributed by atoms with Crippen molar-refractivity contribution >= 4 is 23.4 Å². The third-order valence-electron chi connectivity index (χ3n) is 1.94. The second-order valence-corrected chi connectivity index (χ2v) is 3.45. The number of carboxylic acid groups (broad SMARTS) is 1. The zero-order valence-corrected chi connectivity index (χ0v) is 9.40. The fourth-order valence-electron chi connectivity index (χ4n) is 1.11. The maximum Gasteiger partial charge on any atom is 0.327 e. The number of halogens is 1. The van der Waals surface area contributed by atoms with Crippen LogP contribution in [-0.4, -0.2) is 22.1 Å². The summed E-state index contributed by atoms with van der Waals surface area (Å²) in [5.74, 6) is 1.26. The van der Waals surface area contributed by atoms with Crippen LogP contribution in [0.15, 0.2) is 12.3 Å². The lowest BCUT2D eigenvalue weighted by Crippen LogP contribution is -2.29. The van der Waals surface area contributed by atoms with E-state index >= 15 is 0 Å². The Kier molecular flexibility index (Phi) is 4.33. The van der Waals surface area contributed by atoms with Crippen molar-refractivity contribution in [3.63, 3.8) is 0 Å². The largest absolute Gasteiger partial charge is 0.480 e. The predicted octanol–water partition coefficient (Wildman–Crippen LogP) is 1.50. The highest BCUT2D eigenvalue weighted by atomic mass is 35.5. The van der Waals surface area contributed by atoms with E-state index in [1.54, 1.807) is 0 Å². The number of rotatable bonds is 4. The van der Waals surface area contributed by atoms with E-state index in [0.717, 1.165) is 0 Å². The van der Waals surface area contributed by atoms with Crippen LogP contribution in [0.3, 0.4) is 0 Å². The van der Waals surface area contributed by atoms with E-state index in [4.69, 9.17) is 28.4 Å². The Hall–Kier alpha value is -2.24. The van der Waals surface area contributed by atoms with Crippen LogP contribution in [0, 0.1) is 23.7 Å². The summed E-state index contributed by atoms with van der Waals surface area (Å²) < 4.78 is 0. The van der Waals surface area contributed by atoms with E-state index in [-0.39, 0.29) is 22.8 Å². The molecule has 1 aromatic rings. The molecule has 0 bridgehead atoms. The average Bonchev–Trinajstić information content (AvgIpc) is 2.30. The molecule has 0 aliphatic rings. The Morgan fingerprint density at radius 3 is 3.00 bits per heavy atom. The smallest absolute Gasteiger partial charge is 0.327 e. The number of aromatic nitrogens is 1. The molecule has 0 aromatic carbocycles. The molecule has 0 amide bonds. The highest BCUT2D eigenvalue weighted by Crippen LogP contribution is 2.23. The van der Waals surface area contributed by atoms with Crippen LogP contribution in [0.2, 0.25) is 5.02 Å². The van der Waals surface area contributed by atoms with Crippen molar-refractivity contribution < 1.29 is 9.90 Å². The molecular formula is C11H8ClN3O2. The van der Waals surface area contributed by atoms with Gasteiger partial charge in [-0.3, -0.25) is 0 Å². The minimum absolute atomic E-state index is 0.00980. The molecule has 17 heavy (non-hydrogen) atoms. The molecule has 86 valence electrons. The van der Waals surface area contributed by atoms with Crippen molar-refractivity contribution in [1.29, 1.82) is 5.26 Å². The van der Waals surface area contributed by atoms with Gasteiger partial charge in [0.2, 0.25) is 0 Å². The first-order valence-electron chi connectivity index (χ1n) is 4.57. The van der Waals surface area contributed by atoms with Gasteiger partial charge in [-0.25, -0.2) is 9.78 Å². The molecule has 0 aliphatic heterocycles. The number of nitrogens with one attached hydrogen (secondary N) is 1. The Labute approximate surface area is 103 Å². The standard InChI is InChI=1S/C11H8ClN3O2/c1-2-3-8(11(16)17)15-10-9(12)7(6-13)4-5-14-10/h1,4-5,8H,3H2,(H,14,15)(H,16,17).